The van der Waals surface area contributed by atoms with Crippen molar-refractivity contribution in [2.24, 2.45) is 0 Å². The van der Waals surface area contributed by atoms with Crippen LogP contribution in [0.3, 0.4) is 0 Å². The fraction of sp³-hybridized carbons (Fsp3) is 0.263. The van der Waals surface area contributed by atoms with Crippen molar-refractivity contribution in [3.05, 3.63) is 65.4 Å². The number of aliphatic hydroxyl groups excluding tert-OH is 2. The Kier molecular flexibility index (Phi) is 4.65. The maximum Gasteiger partial charge on any atom is 0.138 e. The molecule has 0 bridgehead atoms. The van der Waals surface area contributed by atoms with Crippen molar-refractivity contribution in [3.63, 3.8) is 0 Å². The van der Waals surface area contributed by atoms with Crippen molar-refractivity contribution in [2.75, 3.05) is 13.7 Å². The van der Waals surface area contributed by atoms with Gasteiger partial charge in [0.1, 0.15) is 23.2 Å². The summed E-state index contributed by atoms with van der Waals surface area (Å²) in [7, 11) is 1.61. The molecule has 1 aromatic heterocycles. The van der Waals surface area contributed by atoms with Gasteiger partial charge in [0.05, 0.1) is 7.11 Å². The second-order valence-corrected chi connectivity index (χ2v) is 5.52. The molecule has 0 fully saturated rings. The van der Waals surface area contributed by atoms with Crippen LogP contribution in [0.25, 0.3) is 11.0 Å². The Bertz CT molecular complexity index is 774. The van der Waals surface area contributed by atoms with Gasteiger partial charge in [-0.1, -0.05) is 18.2 Å². The molecule has 23 heavy (non-hydrogen) atoms. The van der Waals surface area contributed by atoms with Gasteiger partial charge >= 0.3 is 0 Å². The van der Waals surface area contributed by atoms with Gasteiger partial charge in [-0.3, -0.25) is 0 Å². The van der Waals surface area contributed by atoms with E-state index < -0.39 is 6.10 Å². The zero-order valence-corrected chi connectivity index (χ0v) is 13.0. The second kappa shape index (κ2) is 6.86. The molecule has 4 heteroatoms. The van der Waals surface area contributed by atoms with Gasteiger partial charge in [-0.15, -0.1) is 0 Å². The summed E-state index contributed by atoms with van der Waals surface area (Å²) in [5.74, 6) is 1.27. The van der Waals surface area contributed by atoms with Crippen LogP contribution in [-0.2, 0) is 6.42 Å². The Morgan fingerprint density at radius 2 is 1.87 bits per heavy atom. The SMILES string of the molecule is COc1ccc(C(O)c2cc3cc(CCCO)ccc3o2)cc1. The summed E-state index contributed by atoms with van der Waals surface area (Å²) in [6.45, 7) is 0.185. The number of methoxy groups -OCH3 is 1. The third kappa shape index (κ3) is 3.38. The summed E-state index contributed by atoms with van der Waals surface area (Å²) >= 11 is 0. The van der Waals surface area contributed by atoms with E-state index in [1.165, 1.54) is 0 Å². The Morgan fingerprint density at radius 1 is 1.09 bits per heavy atom. The Morgan fingerprint density at radius 3 is 2.57 bits per heavy atom. The number of furan rings is 1. The second-order valence-electron chi connectivity index (χ2n) is 5.52. The fourth-order valence-electron chi connectivity index (χ4n) is 2.64. The van der Waals surface area contributed by atoms with Gasteiger partial charge in [0.25, 0.3) is 0 Å². The van der Waals surface area contributed by atoms with Crippen LogP contribution in [0.5, 0.6) is 5.75 Å². The summed E-state index contributed by atoms with van der Waals surface area (Å²) < 4.78 is 10.9. The third-order valence-electron chi connectivity index (χ3n) is 3.92. The molecule has 2 aromatic carbocycles. The lowest BCUT2D eigenvalue weighted by Gasteiger charge is -2.08. The van der Waals surface area contributed by atoms with Crippen molar-refractivity contribution in [1.82, 2.24) is 0 Å². The first-order valence-corrected chi connectivity index (χ1v) is 7.66. The van der Waals surface area contributed by atoms with Crippen LogP contribution in [0, 0.1) is 0 Å². The molecule has 2 N–H and O–H groups in total. The summed E-state index contributed by atoms with van der Waals surface area (Å²) in [5.41, 5.74) is 2.66. The van der Waals surface area contributed by atoms with Gasteiger partial charge in [-0.05, 0) is 54.3 Å². The molecule has 3 aromatic rings. The van der Waals surface area contributed by atoms with Gasteiger partial charge in [0.15, 0.2) is 0 Å². The van der Waals surface area contributed by atoms with Crippen molar-refractivity contribution >= 4 is 11.0 Å². The van der Waals surface area contributed by atoms with E-state index in [4.69, 9.17) is 14.3 Å². The predicted molar refractivity (Wildman–Crippen MR) is 88.7 cm³/mol. The maximum absolute atomic E-state index is 10.5. The standard InChI is InChI=1S/C19H20O4/c1-22-16-7-5-14(6-8-16)19(21)18-12-15-11-13(3-2-10-20)4-9-17(15)23-18/h4-9,11-12,19-21H,2-3,10H2,1H3. The maximum atomic E-state index is 10.5. The van der Waals surface area contributed by atoms with Crippen molar-refractivity contribution in [2.45, 2.75) is 18.9 Å². The number of fused-ring (bicyclic) bond motifs is 1. The lowest BCUT2D eigenvalue weighted by atomic mass is 10.1. The highest BCUT2D eigenvalue weighted by molar-refractivity contribution is 5.79. The first-order chi connectivity index (χ1) is 11.2. The first-order valence-electron chi connectivity index (χ1n) is 7.66. The number of benzene rings is 2. The zero-order valence-electron chi connectivity index (χ0n) is 13.0. The monoisotopic (exact) mass is 312 g/mol. The van der Waals surface area contributed by atoms with Crippen LogP contribution in [0.1, 0.15) is 29.4 Å². The minimum Gasteiger partial charge on any atom is -0.497 e. The molecule has 1 unspecified atom stereocenters. The lowest BCUT2D eigenvalue weighted by Crippen LogP contribution is -1.97. The van der Waals surface area contributed by atoms with Crippen molar-refractivity contribution < 1.29 is 19.4 Å². The summed E-state index contributed by atoms with van der Waals surface area (Å²) in [5, 5.41) is 20.4. The van der Waals surface area contributed by atoms with E-state index >= 15 is 0 Å². The van der Waals surface area contributed by atoms with E-state index in [0.717, 1.165) is 40.7 Å². The van der Waals surface area contributed by atoms with Crippen LogP contribution in [0.4, 0.5) is 0 Å². The number of hydrogen-bond acceptors (Lipinski definition) is 4. The largest absolute Gasteiger partial charge is 0.497 e. The Hall–Kier alpha value is -2.30. The number of rotatable bonds is 6. The van der Waals surface area contributed by atoms with Crippen LogP contribution in [-0.4, -0.2) is 23.9 Å². The molecule has 0 aliphatic rings. The van der Waals surface area contributed by atoms with E-state index in [1.54, 1.807) is 7.11 Å². The summed E-state index contributed by atoms with van der Waals surface area (Å²) in [4.78, 5) is 0. The van der Waals surface area contributed by atoms with E-state index in [2.05, 4.69) is 0 Å². The minimum absolute atomic E-state index is 0.185. The van der Waals surface area contributed by atoms with Gasteiger partial charge in [-0.2, -0.15) is 0 Å². The average Bonchev–Trinajstić information content (AvgIpc) is 3.02. The van der Waals surface area contributed by atoms with E-state index in [9.17, 15) is 5.11 Å². The van der Waals surface area contributed by atoms with E-state index in [-0.39, 0.29) is 6.61 Å². The first kappa shape index (κ1) is 15.6. The fourth-order valence-corrected chi connectivity index (χ4v) is 2.64. The predicted octanol–water partition coefficient (Wildman–Crippen LogP) is 3.45. The molecule has 1 heterocycles. The highest BCUT2D eigenvalue weighted by Crippen LogP contribution is 2.29. The van der Waals surface area contributed by atoms with Gasteiger partial charge < -0.3 is 19.4 Å². The van der Waals surface area contributed by atoms with Crippen molar-refractivity contribution in [1.29, 1.82) is 0 Å². The van der Waals surface area contributed by atoms with Crippen LogP contribution < -0.4 is 4.74 Å². The number of ether oxygens (including phenoxy) is 1. The summed E-state index contributed by atoms with van der Waals surface area (Å²) in [6, 6.07) is 15.1. The van der Waals surface area contributed by atoms with Crippen LogP contribution >= 0.6 is 0 Å². The molecule has 120 valence electrons. The van der Waals surface area contributed by atoms with Gasteiger partial charge in [0.2, 0.25) is 0 Å². The zero-order chi connectivity index (χ0) is 16.2. The quantitative estimate of drug-likeness (QED) is 0.732. The Labute approximate surface area is 134 Å². The normalized spacial score (nSPS) is 12.5. The summed E-state index contributed by atoms with van der Waals surface area (Å²) in [6.07, 6.45) is 0.757. The average molecular weight is 312 g/mol. The van der Waals surface area contributed by atoms with Crippen LogP contribution in [0.15, 0.2) is 52.9 Å². The topological polar surface area (TPSA) is 62.8 Å². The lowest BCUT2D eigenvalue weighted by molar-refractivity contribution is 0.192. The molecule has 4 nitrogen and oxygen atoms in total. The van der Waals surface area contributed by atoms with Gasteiger partial charge in [0, 0.05) is 12.0 Å². The van der Waals surface area contributed by atoms with Crippen LogP contribution in [0.2, 0.25) is 0 Å². The molecule has 0 spiro atoms. The minimum atomic E-state index is -0.811. The molecule has 3 rings (SSSR count). The number of aliphatic hydroxyl groups is 2. The number of hydrogen-bond donors (Lipinski definition) is 2. The third-order valence-corrected chi connectivity index (χ3v) is 3.92. The molecule has 0 amide bonds. The molecule has 0 saturated carbocycles. The molecule has 1 atom stereocenters. The molecule has 0 aliphatic heterocycles. The van der Waals surface area contributed by atoms with E-state index in [0.29, 0.717) is 5.76 Å². The Balaban J connectivity index is 1.86. The highest BCUT2D eigenvalue weighted by atomic mass is 16.5. The number of aryl methyl sites for hydroxylation is 1. The van der Waals surface area contributed by atoms with Gasteiger partial charge in [-0.25, -0.2) is 0 Å². The highest BCUT2D eigenvalue weighted by Gasteiger charge is 2.16. The molecule has 0 radical (unpaired) electrons. The van der Waals surface area contributed by atoms with E-state index in [1.807, 2.05) is 48.5 Å². The van der Waals surface area contributed by atoms with Crippen molar-refractivity contribution in [3.8, 4) is 5.75 Å². The molecular formula is C19H20O4. The smallest absolute Gasteiger partial charge is 0.138 e. The molecule has 0 aliphatic carbocycles. The molecular weight excluding hydrogens is 292 g/mol. The molecule has 0 saturated heterocycles.